The van der Waals surface area contributed by atoms with Gasteiger partial charge in [-0.1, -0.05) is 29.3 Å². The first-order valence-corrected chi connectivity index (χ1v) is 11.2. The molecule has 0 aromatic heterocycles. The Morgan fingerprint density at radius 2 is 1.76 bits per heavy atom. The van der Waals surface area contributed by atoms with Crippen LogP contribution in [0.5, 0.6) is 0 Å². The molecule has 0 heterocycles. The van der Waals surface area contributed by atoms with Crippen molar-refractivity contribution in [1.82, 2.24) is 0 Å². The number of hydrogen-bond acceptors (Lipinski definition) is 5. The quantitative estimate of drug-likeness (QED) is 0.561. The molecule has 0 saturated heterocycles. The molecule has 0 fully saturated rings. The zero-order valence-corrected chi connectivity index (χ0v) is 18.5. The standard InChI is InChI=1S/C20H23Cl2NO5S/c1-14(4-3-11-24)23(29(26,27)19-9-7-17(21)8-10-19)20-12-18(22)6-5-16(20)13-28-15(2)25/h5-10,12,14,24H,3-4,11,13H2,1-2H3/t14-/m1/s1. The maximum atomic E-state index is 13.5. The number of aliphatic hydroxyl groups excluding tert-OH is 1. The smallest absolute Gasteiger partial charge is 0.302 e. The number of sulfonamides is 1. The molecule has 0 aliphatic rings. The first kappa shape index (κ1) is 23.5. The summed E-state index contributed by atoms with van der Waals surface area (Å²) in [4.78, 5) is 11.3. The van der Waals surface area contributed by atoms with E-state index in [1.54, 1.807) is 19.1 Å². The Bertz CT molecular complexity index is 948. The van der Waals surface area contributed by atoms with E-state index in [2.05, 4.69) is 0 Å². The molecule has 0 radical (unpaired) electrons. The van der Waals surface area contributed by atoms with Crippen LogP contribution in [0.4, 0.5) is 5.69 Å². The largest absolute Gasteiger partial charge is 0.461 e. The number of hydrogen-bond donors (Lipinski definition) is 1. The molecular weight excluding hydrogens is 437 g/mol. The van der Waals surface area contributed by atoms with E-state index in [0.717, 1.165) is 0 Å². The predicted molar refractivity (Wildman–Crippen MR) is 114 cm³/mol. The summed E-state index contributed by atoms with van der Waals surface area (Å²) in [5.41, 5.74) is 0.817. The summed E-state index contributed by atoms with van der Waals surface area (Å²) >= 11 is 12.1. The Balaban J connectivity index is 2.61. The maximum Gasteiger partial charge on any atom is 0.302 e. The zero-order chi connectivity index (χ0) is 21.6. The van der Waals surface area contributed by atoms with Gasteiger partial charge in [0.25, 0.3) is 10.0 Å². The number of nitrogens with zero attached hydrogens (tertiary/aromatic N) is 1. The number of aliphatic hydroxyl groups is 1. The van der Waals surface area contributed by atoms with Crippen LogP contribution in [-0.4, -0.2) is 32.1 Å². The van der Waals surface area contributed by atoms with Gasteiger partial charge in [0.05, 0.1) is 10.6 Å². The number of carbonyl (C=O) groups is 1. The van der Waals surface area contributed by atoms with E-state index in [0.29, 0.717) is 34.1 Å². The molecule has 2 rings (SSSR count). The van der Waals surface area contributed by atoms with E-state index in [4.69, 9.17) is 27.9 Å². The minimum atomic E-state index is -3.98. The molecule has 2 aromatic carbocycles. The lowest BCUT2D eigenvalue weighted by Gasteiger charge is -2.32. The van der Waals surface area contributed by atoms with Crippen molar-refractivity contribution < 1.29 is 23.1 Å². The Morgan fingerprint density at radius 3 is 2.34 bits per heavy atom. The molecule has 0 unspecified atom stereocenters. The van der Waals surface area contributed by atoms with Crippen LogP contribution in [0.2, 0.25) is 10.0 Å². The van der Waals surface area contributed by atoms with Gasteiger partial charge in [0.1, 0.15) is 6.61 Å². The van der Waals surface area contributed by atoms with E-state index in [1.807, 2.05) is 0 Å². The fourth-order valence-corrected chi connectivity index (χ4v) is 4.88. The van der Waals surface area contributed by atoms with Crippen molar-refractivity contribution in [2.75, 3.05) is 10.9 Å². The third-order valence-corrected chi connectivity index (χ3v) is 6.70. The monoisotopic (exact) mass is 459 g/mol. The summed E-state index contributed by atoms with van der Waals surface area (Å²) in [5.74, 6) is -0.480. The SMILES string of the molecule is CC(=O)OCc1ccc(Cl)cc1N([C@H](C)CCCO)S(=O)(=O)c1ccc(Cl)cc1. The van der Waals surface area contributed by atoms with E-state index in [-0.39, 0.29) is 18.1 Å². The number of ether oxygens (including phenoxy) is 1. The van der Waals surface area contributed by atoms with Crippen molar-refractivity contribution in [1.29, 1.82) is 0 Å². The molecule has 0 amide bonds. The topological polar surface area (TPSA) is 83.9 Å². The molecule has 0 saturated carbocycles. The molecule has 1 atom stereocenters. The fraction of sp³-hybridized carbons (Fsp3) is 0.350. The minimum absolute atomic E-state index is 0.0605. The number of anilines is 1. The van der Waals surface area contributed by atoms with Crippen LogP contribution in [0.1, 0.15) is 32.3 Å². The second-order valence-corrected chi connectivity index (χ2v) is 9.21. The first-order chi connectivity index (χ1) is 13.7. The summed E-state index contributed by atoms with van der Waals surface area (Å²) in [6, 6.07) is 10.1. The van der Waals surface area contributed by atoms with Gasteiger partial charge in [-0.3, -0.25) is 9.10 Å². The summed E-state index contributed by atoms with van der Waals surface area (Å²) in [5, 5.41) is 9.96. The molecule has 1 N–H and O–H groups in total. The molecule has 0 bridgehead atoms. The van der Waals surface area contributed by atoms with Crippen molar-refractivity contribution in [2.24, 2.45) is 0 Å². The van der Waals surface area contributed by atoms with E-state index >= 15 is 0 Å². The number of benzene rings is 2. The van der Waals surface area contributed by atoms with Crippen LogP contribution in [-0.2, 0) is 26.2 Å². The second kappa shape index (κ2) is 10.3. The molecule has 0 aliphatic heterocycles. The van der Waals surface area contributed by atoms with Crippen molar-refractivity contribution in [3.8, 4) is 0 Å². The van der Waals surface area contributed by atoms with Crippen LogP contribution >= 0.6 is 23.2 Å². The normalized spacial score (nSPS) is 12.4. The third-order valence-electron chi connectivity index (χ3n) is 4.27. The van der Waals surface area contributed by atoms with Crippen molar-refractivity contribution in [3.05, 3.63) is 58.1 Å². The zero-order valence-electron chi connectivity index (χ0n) is 16.1. The molecule has 9 heteroatoms. The average Bonchev–Trinajstić information content (AvgIpc) is 2.66. The van der Waals surface area contributed by atoms with Crippen LogP contribution < -0.4 is 4.31 Å². The predicted octanol–water partition coefficient (Wildman–Crippen LogP) is 4.41. The Morgan fingerprint density at radius 1 is 1.14 bits per heavy atom. The molecule has 6 nitrogen and oxygen atoms in total. The van der Waals surface area contributed by atoms with E-state index in [9.17, 15) is 18.3 Å². The van der Waals surface area contributed by atoms with E-state index < -0.39 is 22.0 Å². The number of halogens is 2. The van der Waals surface area contributed by atoms with Gasteiger partial charge in [0.15, 0.2) is 0 Å². The van der Waals surface area contributed by atoms with Gasteiger partial charge in [-0.2, -0.15) is 0 Å². The Hall–Kier alpha value is -1.80. The fourth-order valence-electron chi connectivity index (χ4n) is 2.87. The number of esters is 1. The Kier molecular flexibility index (Phi) is 8.34. The highest BCUT2D eigenvalue weighted by molar-refractivity contribution is 7.92. The van der Waals surface area contributed by atoms with Crippen LogP contribution in [0.15, 0.2) is 47.4 Å². The number of rotatable bonds is 9. The first-order valence-electron chi connectivity index (χ1n) is 8.99. The summed E-state index contributed by atoms with van der Waals surface area (Å²) < 4.78 is 33.4. The molecule has 158 valence electrons. The third kappa shape index (κ3) is 6.09. The molecule has 0 aliphatic carbocycles. The average molecular weight is 460 g/mol. The lowest BCUT2D eigenvalue weighted by Crippen LogP contribution is -2.39. The maximum absolute atomic E-state index is 13.5. The van der Waals surface area contributed by atoms with Crippen LogP contribution in [0, 0.1) is 0 Å². The van der Waals surface area contributed by atoms with Crippen LogP contribution in [0.25, 0.3) is 0 Å². The molecule has 0 spiro atoms. The lowest BCUT2D eigenvalue weighted by atomic mass is 10.1. The summed E-state index contributed by atoms with van der Waals surface area (Å²) in [7, 11) is -3.98. The van der Waals surface area contributed by atoms with Gasteiger partial charge in [-0.25, -0.2) is 8.42 Å². The molecule has 2 aromatic rings. The summed E-state index contributed by atoms with van der Waals surface area (Å²) in [6.07, 6.45) is 0.844. The highest BCUT2D eigenvalue weighted by atomic mass is 35.5. The van der Waals surface area contributed by atoms with E-state index in [1.165, 1.54) is 41.6 Å². The Labute approximate surface area is 181 Å². The van der Waals surface area contributed by atoms with Crippen molar-refractivity contribution in [2.45, 2.75) is 44.2 Å². The van der Waals surface area contributed by atoms with Gasteiger partial charge in [-0.05, 0) is 56.2 Å². The van der Waals surface area contributed by atoms with Gasteiger partial charge in [-0.15, -0.1) is 0 Å². The lowest BCUT2D eigenvalue weighted by molar-refractivity contribution is -0.142. The van der Waals surface area contributed by atoms with Crippen molar-refractivity contribution in [3.63, 3.8) is 0 Å². The highest BCUT2D eigenvalue weighted by Crippen LogP contribution is 2.33. The van der Waals surface area contributed by atoms with Gasteiger partial charge in [0.2, 0.25) is 0 Å². The minimum Gasteiger partial charge on any atom is -0.461 e. The van der Waals surface area contributed by atoms with Gasteiger partial charge >= 0.3 is 5.97 Å². The number of carbonyl (C=O) groups excluding carboxylic acids is 1. The highest BCUT2D eigenvalue weighted by Gasteiger charge is 2.31. The van der Waals surface area contributed by atoms with Crippen LogP contribution in [0.3, 0.4) is 0 Å². The van der Waals surface area contributed by atoms with Gasteiger partial charge < -0.3 is 9.84 Å². The molecule has 29 heavy (non-hydrogen) atoms. The summed E-state index contributed by atoms with van der Waals surface area (Å²) in [6.45, 7) is 2.87. The van der Waals surface area contributed by atoms with Gasteiger partial charge in [0, 0.05) is 35.2 Å². The molecular formula is C20H23Cl2NO5S. The second-order valence-electron chi connectivity index (χ2n) is 6.52. The van der Waals surface area contributed by atoms with Crippen molar-refractivity contribution >= 4 is 44.9 Å².